The molecule has 180 valence electrons. The first-order valence-corrected chi connectivity index (χ1v) is 11.6. The molecule has 35 heavy (non-hydrogen) atoms. The fraction of sp³-hybridized carbons (Fsp3) is 0.360. The third kappa shape index (κ3) is 3.46. The second kappa shape index (κ2) is 7.59. The molecule has 2 saturated carbocycles. The summed E-state index contributed by atoms with van der Waals surface area (Å²) in [4.78, 5) is 39.8. The third-order valence-electron chi connectivity index (χ3n) is 7.40. The topological polar surface area (TPSA) is 110 Å². The van der Waals surface area contributed by atoms with Gasteiger partial charge < -0.3 is 16.0 Å². The summed E-state index contributed by atoms with van der Waals surface area (Å²) in [5, 5.41) is 7.48. The van der Waals surface area contributed by atoms with E-state index in [9.17, 15) is 18.8 Å². The molecule has 8 nitrogen and oxygen atoms in total. The molecular weight excluding hydrogens is 456 g/mol. The minimum Gasteiger partial charge on any atom is -0.364 e. The number of benzene rings is 2. The first-order valence-electron chi connectivity index (χ1n) is 11.6. The first-order chi connectivity index (χ1) is 16.8. The molecule has 3 aliphatic rings. The molecule has 0 unspecified atom stereocenters. The SMILES string of the molecule is NC(=O)c1nn(CC(=O)N2[C@@H]3C[C@@H]3C[C@H]2C(=O)N[C@@H]2C[C@]2(F)c2ccccc2F)c2ccccc12. The summed E-state index contributed by atoms with van der Waals surface area (Å²) < 4.78 is 30.8. The highest BCUT2D eigenvalue weighted by molar-refractivity contribution is 6.04. The van der Waals surface area contributed by atoms with Crippen LogP contribution in [0.1, 0.15) is 35.3 Å². The van der Waals surface area contributed by atoms with Crippen molar-refractivity contribution in [3.05, 3.63) is 65.6 Å². The lowest BCUT2D eigenvalue weighted by atomic mass is 10.1. The number of alkyl halides is 1. The van der Waals surface area contributed by atoms with Crippen molar-refractivity contribution in [2.45, 2.75) is 49.6 Å². The van der Waals surface area contributed by atoms with Crippen LogP contribution in [0.3, 0.4) is 0 Å². The van der Waals surface area contributed by atoms with E-state index in [1.807, 2.05) is 0 Å². The van der Waals surface area contributed by atoms with Gasteiger partial charge in [0.2, 0.25) is 11.8 Å². The molecule has 0 spiro atoms. The number of halogens is 2. The van der Waals surface area contributed by atoms with Crippen LogP contribution in [-0.2, 0) is 21.8 Å². The molecule has 0 bridgehead atoms. The Morgan fingerprint density at radius 3 is 2.63 bits per heavy atom. The van der Waals surface area contributed by atoms with Gasteiger partial charge in [0.05, 0.1) is 11.6 Å². The lowest BCUT2D eigenvalue weighted by molar-refractivity contribution is -0.140. The maximum Gasteiger partial charge on any atom is 0.269 e. The Morgan fingerprint density at radius 1 is 1.11 bits per heavy atom. The van der Waals surface area contributed by atoms with Crippen molar-refractivity contribution in [1.29, 1.82) is 0 Å². The molecule has 3 aromatic rings. The van der Waals surface area contributed by atoms with E-state index in [1.165, 1.54) is 22.9 Å². The van der Waals surface area contributed by atoms with E-state index in [0.717, 1.165) is 6.42 Å². The van der Waals surface area contributed by atoms with Crippen LogP contribution in [0.25, 0.3) is 10.9 Å². The maximum absolute atomic E-state index is 15.3. The fourth-order valence-corrected chi connectivity index (χ4v) is 5.46. The molecule has 1 saturated heterocycles. The molecular formula is C25H23F2N5O3. The highest BCUT2D eigenvalue weighted by Gasteiger charge is 2.61. The predicted molar refractivity (Wildman–Crippen MR) is 121 cm³/mol. The summed E-state index contributed by atoms with van der Waals surface area (Å²) >= 11 is 0. The summed E-state index contributed by atoms with van der Waals surface area (Å²) in [5.74, 6) is -1.86. The van der Waals surface area contributed by atoms with Gasteiger partial charge in [0, 0.05) is 23.4 Å². The Bertz CT molecular complexity index is 1390. The zero-order chi connectivity index (χ0) is 24.5. The van der Waals surface area contributed by atoms with Crippen LogP contribution in [0, 0.1) is 11.7 Å². The number of carbonyl (C=O) groups excluding carboxylic acids is 3. The molecule has 2 aliphatic carbocycles. The Hall–Kier alpha value is -3.82. The normalized spacial score (nSPS) is 28.6. The Kier molecular flexibility index (Phi) is 4.71. The molecule has 3 amide bonds. The maximum atomic E-state index is 15.3. The van der Waals surface area contributed by atoms with Crippen LogP contribution >= 0.6 is 0 Å². The Labute approximate surface area is 199 Å². The lowest BCUT2D eigenvalue weighted by Gasteiger charge is -2.27. The van der Waals surface area contributed by atoms with Crippen molar-refractivity contribution in [3.63, 3.8) is 0 Å². The molecule has 2 heterocycles. The van der Waals surface area contributed by atoms with Crippen LogP contribution in [0.2, 0.25) is 0 Å². The van der Waals surface area contributed by atoms with Gasteiger partial charge in [-0.3, -0.25) is 19.1 Å². The molecule has 6 rings (SSSR count). The van der Waals surface area contributed by atoms with Crippen LogP contribution < -0.4 is 11.1 Å². The molecule has 10 heteroatoms. The highest BCUT2D eigenvalue weighted by atomic mass is 19.2. The van der Waals surface area contributed by atoms with Gasteiger partial charge in [-0.25, -0.2) is 8.78 Å². The number of rotatable bonds is 6. The van der Waals surface area contributed by atoms with E-state index >= 15 is 4.39 Å². The predicted octanol–water partition coefficient (Wildman–Crippen LogP) is 2.02. The van der Waals surface area contributed by atoms with Crippen LogP contribution in [0.15, 0.2) is 48.5 Å². The average Bonchev–Trinajstić information content (AvgIpc) is 3.64. The van der Waals surface area contributed by atoms with Crippen molar-refractivity contribution < 1.29 is 23.2 Å². The largest absolute Gasteiger partial charge is 0.364 e. The first kappa shape index (κ1) is 21.7. The van der Waals surface area contributed by atoms with Gasteiger partial charge in [-0.2, -0.15) is 5.10 Å². The molecule has 5 atom stereocenters. The number of primary amides is 1. The van der Waals surface area contributed by atoms with E-state index in [-0.39, 0.29) is 42.1 Å². The van der Waals surface area contributed by atoms with Gasteiger partial charge in [0.15, 0.2) is 11.4 Å². The summed E-state index contributed by atoms with van der Waals surface area (Å²) in [6, 6.07) is 11.0. The number of fused-ring (bicyclic) bond motifs is 2. The van der Waals surface area contributed by atoms with Gasteiger partial charge in [-0.15, -0.1) is 0 Å². The van der Waals surface area contributed by atoms with Gasteiger partial charge >= 0.3 is 0 Å². The van der Waals surface area contributed by atoms with E-state index in [2.05, 4.69) is 10.4 Å². The van der Waals surface area contributed by atoms with Crippen molar-refractivity contribution in [1.82, 2.24) is 20.0 Å². The Morgan fingerprint density at radius 2 is 1.86 bits per heavy atom. The number of piperidine rings is 1. The highest BCUT2D eigenvalue weighted by Crippen LogP contribution is 2.52. The smallest absolute Gasteiger partial charge is 0.269 e. The third-order valence-corrected chi connectivity index (χ3v) is 7.40. The molecule has 2 aromatic carbocycles. The number of likely N-dealkylation sites (tertiary alicyclic amines) is 1. The number of para-hydroxylation sites is 1. The van der Waals surface area contributed by atoms with Crippen molar-refractivity contribution in [2.24, 2.45) is 11.7 Å². The van der Waals surface area contributed by atoms with Crippen LogP contribution in [-0.4, -0.2) is 50.5 Å². The molecule has 1 aliphatic heterocycles. The summed E-state index contributed by atoms with van der Waals surface area (Å²) in [6.07, 6.45) is 1.30. The summed E-state index contributed by atoms with van der Waals surface area (Å²) in [5.41, 5.74) is 4.10. The number of carbonyl (C=O) groups is 3. The fourth-order valence-electron chi connectivity index (χ4n) is 5.46. The van der Waals surface area contributed by atoms with Gasteiger partial charge in [-0.05, 0) is 30.9 Å². The van der Waals surface area contributed by atoms with Crippen LogP contribution in [0.5, 0.6) is 0 Å². The summed E-state index contributed by atoms with van der Waals surface area (Å²) in [7, 11) is 0. The number of nitrogens with zero attached hydrogens (tertiary/aromatic N) is 3. The standard InChI is InChI=1S/C25H23F2N5O3/c26-16-7-3-2-6-15(16)25(27)11-20(25)29-24(35)19-10-13-9-18(13)32(19)21(33)12-31-17-8-4-1-5-14(17)22(30-31)23(28)34/h1-8,13,18-20H,9-12H2,(H2,28,34)(H,29,35)/t13-,18-,19+,20-,25+/m1/s1. The molecule has 1 aromatic heterocycles. The number of hydrogen-bond donors (Lipinski definition) is 2. The molecule has 3 N–H and O–H groups in total. The van der Waals surface area contributed by atoms with E-state index < -0.39 is 35.4 Å². The second-order valence-electron chi connectivity index (χ2n) is 9.61. The number of aromatic nitrogens is 2. The van der Waals surface area contributed by atoms with Gasteiger partial charge in [-0.1, -0.05) is 36.4 Å². The monoisotopic (exact) mass is 479 g/mol. The zero-order valence-corrected chi connectivity index (χ0v) is 18.7. The second-order valence-corrected chi connectivity index (χ2v) is 9.61. The van der Waals surface area contributed by atoms with Crippen molar-refractivity contribution >= 4 is 28.6 Å². The quantitative estimate of drug-likeness (QED) is 0.564. The van der Waals surface area contributed by atoms with Crippen LogP contribution in [0.4, 0.5) is 8.78 Å². The van der Waals surface area contributed by atoms with Crippen molar-refractivity contribution in [3.8, 4) is 0 Å². The zero-order valence-electron chi connectivity index (χ0n) is 18.7. The average molecular weight is 479 g/mol. The van der Waals surface area contributed by atoms with Gasteiger partial charge in [0.1, 0.15) is 18.4 Å². The minimum atomic E-state index is -1.95. The summed E-state index contributed by atoms with van der Waals surface area (Å²) in [6.45, 7) is -0.160. The number of nitrogens with two attached hydrogens (primary N) is 1. The molecule has 0 radical (unpaired) electrons. The number of nitrogens with one attached hydrogen (secondary N) is 1. The lowest BCUT2D eigenvalue weighted by Crippen LogP contribution is -2.50. The minimum absolute atomic E-state index is 0.0115. The van der Waals surface area contributed by atoms with E-state index in [4.69, 9.17) is 5.73 Å². The molecule has 3 fully saturated rings. The van der Waals surface area contributed by atoms with Crippen molar-refractivity contribution in [2.75, 3.05) is 0 Å². The Balaban J connectivity index is 1.19. The van der Waals surface area contributed by atoms with E-state index in [0.29, 0.717) is 17.3 Å². The van der Waals surface area contributed by atoms with E-state index in [1.54, 1.807) is 35.2 Å². The number of hydrogen-bond acceptors (Lipinski definition) is 4. The number of amides is 3. The van der Waals surface area contributed by atoms with Gasteiger partial charge in [0.25, 0.3) is 5.91 Å².